The van der Waals surface area contributed by atoms with Crippen LogP contribution in [0, 0.1) is 0 Å². The number of nitrogens with zero attached hydrogens (tertiary/aromatic N) is 1. The molecule has 2 N–H and O–H groups in total. The zero-order chi connectivity index (χ0) is 21.5. The molecule has 0 saturated carbocycles. The van der Waals surface area contributed by atoms with Crippen LogP contribution in [0.15, 0.2) is 42.5 Å². The summed E-state index contributed by atoms with van der Waals surface area (Å²) >= 11 is 0. The lowest BCUT2D eigenvalue weighted by Gasteiger charge is -2.21. The van der Waals surface area contributed by atoms with Gasteiger partial charge >= 0.3 is 0 Å². The summed E-state index contributed by atoms with van der Waals surface area (Å²) in [7, 11) is 3.36. The molecular formula is C24H31N3O3. The van der Waals surface area contributed by atoms with E-state index in [1.165, 1.54) is 24.0 Å². The van der Waals surface area contributed by atoms with Crippen molar-refractivity contribution in [3.05, 3.63) is 59.2 Å². The molecule has 1 atom stereocenters. The van der Waals surface area contributed by atoms with Crippen LogP contribution >= 0.6 is 0 Å². The molecule has 1 aliphatic rings. The average Bonchev–Trinajstić information content (AvgIpc) is 2.73. The van der Waals surface area contributed by atoms with Crippen LogP contribution in [0.5, 0.6) is 5.75 Å². The van der Waals surface area contributed by atoms with Gasteiger partial charge < -0.3 is 15.4 Å². The molecule has 2 aromatic rings. The van der Waals surface area contributed by atoms with Gasteiger partial charge in [-0.2, -0.15) is 0 Å². The molecule has 1 aliphatic carbocycles. The predicted octanol–water partition coefficient (Wildman–Crippen LogP) is 3.32. The lowest BCUT2D eigenvalue weighted by molar-refractivity contribution is -0.123. The highest BCUT2D eigenvalue weighted by atomic mass is 16.5. The minimum atomic E-state index is -0.168. The lowest BCUT2D eigenvalue weighted by atomic mass is 9.89. The fourth-order valence-corrected chi connectivity index (χ4v) is 3.81. The Kier molecular flexibility index (Phi) is 7.46. The summed E-state index contributed by atoms with van der Waals surface area (Å²) in [4.78, 5) is 26.4. The Labute approximate surface area is 178 Å². The summed E-state index contributed by atoms with van der Waals surface area (Å²) in [6.07, 6.45) is 4.77. The number of likely N-dealkylation sites (N-methyl/N-ethyl adjacent to an activating group) is 1. The van der Waals surface area contributed by atoms with E-state index in [4.69, 9.17) is 4.74 Å². The summed E-state index contributed by atoms with van der Waals surface area (Å²) in [5.41, 5.74) is 4.67. The predicted molar refractivity (Wildman–Crippen MR) is 119 cm³/mol. The highest BCUT2D eigenvalue weighted by molar-refractivity contribution is 5.92. The first-order valence-corrected chi connectivity index (χ1v) is 10.5. The summed E-state index contributed by atoms with van der Waals surface area (Å²) in [6.45, 7) is 2.29. The van der Waals surface area contributed by atoms with Gasteiger partial charge in [0.25, 0.3) is 0 Å². The molecule has 6 heteroatoms. The molecule has 2 amide bonds. The highest BCUT2D eigenvalue weighted by Crippen LogP contribution is 2.24. The van der Waals surface area contributed by atoms with E-state index in [2.05, 4.69) is 28.8 Å². The Morgan fingerprint density at radius 3 is 2.37 bits per heavy atom. The van der Waals surface area contributed by atoms with E-state index in [9.17, 15) is 9.59 Å². The zero-order valence-corrected chi connectivity index (χ0v) is 18.0. The van der Waals surface area contributed by atoms with E-state index < -0.39 is 0 Å². The van der Waals surface area contributed by atoms with E-state index in [0.717, 1.165) is 24.2 Å². The average molecular weight is 410 g/mol. The number of benzene rings is 2. The van der Waals surface area contributed by atoms with Gasteiger partial charge in [0.05, 0.1) is 26.2 Å². The topological polar surface area (TPSA) is 70.7 Å². The van der Waals surface area contributed by atoms with E-state index in [-0.39, 0.29) is 30.9 Å². The SMILES string of the molecule is COc1ccc(NC(=O)CN(C)CC(=O)N[C@H](C)c2ccc3c(c2)CCCC3)cc1. The minimum Gasteiger partial charge on any atom is -0.497 e. The first-order valence-electron chi connectivity index (χ1n) is 10.5. The number of amides is 2. The Balaban J connectivity index is 1.45. The van der Waals surface area contributed by atoms with Crippen molar-refractivity contribution >= 4 is 17.5 Å². The molecule has 30 heavy (non-hydrogen) atoms. The van der Waals surface area contributed by atoms with Crippen molar-refractivity contribution in [3.8, 4) is 5.75 Å². The Bertz CT molecular complexity index is 880. The number of rotatable bonds is 8. The summed E-state index contributed by atoms with van der Waals surface area (Å²) in [5, 5.41) is 5.87. The molecule has 3 rings (SSSR count). The Morgan fingerprint density at radius 1 is 1.00 bits per heavy atom. The number of ether oxygens (including phenoxy) is 1. The van der Waals surface area contributed by atoms with Crippen LogP contribution in [-0.4, -0.2) is 44.0 Å². The van der Waals surface area contributed by atoms with Crippen LogP contribution < -0.4 is 15.4 Å². The maximum Gasteiger partial charge on any atom is 0.238 e. The normalized spacial score (nSPS) is 14.0. The van der Waals surface area contributed by atoms with Gasteiger partial charge in [0.15, 0.2) is 0 Å². The van der Waals surface area contributed by atoms with Crippen molar-refractivity contribution in [1.29, 1.82) is 0 Å². The van der Waals surface area contributed by atoms with Gasteiger partial charge in [-0.3, -0.25) is 14.5 Å². The maximum absolute atomic E-state index is 12.4. The second kappa shape index (κ2) is 10.3. The second-order valence-electron chi connectivity index (χ2n) is 7.97. The zero-order valence-electron chi connectivity index (χ0n) is 18.0. The van der Waals surface area contributed by atoms with Crippen LogP contribution in [0.3, 0.4) is 0 Å². The lowest BCUT2D eigenvalue weighted by Crippen LogP contribution is -2.39. The van der Waals surface area contributed by atoms with Crippen LogP contribution in [-0.2, 0) is 22.4 Å². The smallest absolute Gasteiger partial charge is 0.238 e. The number of anilines is 1. The molecule has 0 aliphatic heterocycles. The highest BCUT2D eigenvalue weighted by Gasteiger charge is 2.16. The number of fused-ring (bicyclic) bond motifs is 1. The third-order valence-electron chi connectivity index (χ3n) is 5.45. The van der Waals surface area contributed by atoms with Gasteiger partial charge in [0.2, 0.25) is 11.8 Å². The van der Waals surface area contributed by atoms with Crippen LogP contribution in [0.1, 0.15) is 42.5 Å². The molecular weight excluding hydrogens is 378 g/mol. The van der Waals surface area contributed by atoms with Gasteiger partial charge in [0, 0.05) is 5.69 Å². The van der Waals surface area contributed by atoms with Crippen molar-refractivity contribution in [2.45, 2.75) is 38.6 Å². The summed E-state index contributed by atoms with van der Waals surface area (Å²) in [5.74, 6) is 0.466. The van der Waals surface area contributed by atoms with E-state index in [0.29, 0.717) is 5.69 Å². The summed E-state index contributed by atoms with van der Waals surface area (Å²) < 4.78 is 5.11. The number of methoxy groups -OCH3 is 1. The largest absolute Gasteiger partial charge is 0.497 e. The van der Waals surface area contributed by atoms with Crippen LogP contribution in [0.2, 0.25) is 0 Å². The van der Waals surface area contributed by atoms with Crippen molar-refractivity contribution in [2.24, 2.45) is 0 Å². The monoisotopic (exact) mass is 409 g/mol. The minimum absolute atomic E-state index is 0.0637. The molecule has 0 bridgehead atoms. The van der Waals surface area contributed by atoms with E-state index in [1.54, 1.807) is 43.3 Å². The number of carbonyl (C=O) groups excluding carboxylic acids is 2. The number of aryl methyl sites for hydroxylation is 2. The fraction of sp³-hybridized carbons (Fsp3) is 0.417. The fourth-order valence-electron chi connectivity index (χ4n) is 3.81. The third kappa shape index (κ3) is 6.07. The van der Waals surface area contributed by atoms with Crippen molar-refractivity contribution < 1.29 is 14.3 Å². The number of carbonyl (C=O) groups is 2. The van der Waals surface area contributed by atoms with Gasteiger partial charge in [0.1, 0.15) is 5.75 Å². The van der Waals surface area contributed by atoms with Crippen LogP contribution in [0.4, 0.5) is 5.69 Å². The molecule has 0 fully saturated rings. The van der Waals surface area contributed by atoms with Crippen LogP contribution in [0.25, 0.3) is 0 Å². The number of nitrogens with one attached hydrogen (secondary N) is 2. The molecule has 0 unspecified atom stereocenters. The number of hydrogen-bond donors (Lipinski definition) is 2. The Morgan fingerprint density at radius 2 is 1.67 bits per heavy atom. The van der Waals surface area contributed by atoms with Gasteiger partial charge in [-0.25, -0.2) is 0 Å². The van der Waals surface area contributed by atoms with Crippen molar-refractivity contribution in [3.63, 3.8) is 0 Å². The summed E-state index contributed by atoms with van der Waals surface area (Å²) in [6, 6.07) is 13.6. The Hall–Kier alpha value is -2.86. The molecule has 0 saturated heterocycles. The molecule has 0 heterocycles. The molecule has 160 valence electrons. The van der Waals surface area contributed by atoms with Gasteiger partial charge in [-0.15, -0.1) is 0 Å². The number of hydrogen-bond acceptors (Lipinski definition) is 4. The third-order valence-corrected chi connectivity index (χ3v) is 5.45. The quantitative estimate of drug-likeness (QED) is 0.702. The van der Waals surface area contributed by atoms with E-state index >= 15 is 0 Å². The van der Waals surface area contributed by atoms with Crippen molar-refractivity contribution in [1.82, 2.24) is 10.2 Å². The molecule has 2 aromatic carbocycles. The molecule has 0 spiro atoms. The van der Waals surface area contributed by atoms with Crippen molar-refractivity contribution in [2.75, 3.05) is 32.6 Å². The maximum atomic E-state index is 12.4. The molecule has 6 nitrogen and oxygen atoms in total. The second-order valence-corrected chi connectivity index (χ2v) is 7.97. The first kappa shape index (κ1) is 21.8. The molecule has 0 radical (unpaired) electrons. The molecule has 0 aromatic heterocycles. The van der Waals surface area contributed by atoms with E-state index in [1.807, 2.05) is 6.92 Å². The van der Waals surface area contributed by atoms with Gasteiger partial charge in [-0.05, 0) is 80.6 Å². The standard InChI is InChI=1S/C24H31N3O3/c1-17(19-9-8-18-6-4-5-7-20(18)14-19)25-23(28)15-27(2)16-24(29)26-21-10-12-22(30-3)13-11-21/h8-14,17H,4-7,15-16H2,1-3H3,(H,25,28)(H,26,29)/t17-/m1/s1. The first-order chi connectivity index (χ1) is 14.4. The van der Waals surface area contributed by atoms with Gasteiger partial charge in [-0.1, -0.05) is 18.2 Å².